The topological polar surface area (TPSA) is 71.7 Å². The van der Waals surface area contributed by atoms with E-state index in [1.54, 1.807) is 12.1 Å². The van der Waals surface area contributed by atoms with Crippen molar-refractivity contribution in [1.29, 1.82) is 5.26 Å². The number of ether oxygens (including phenoxy) is 1. The van der Waals surface area contributed by atoms with Crippen LogP contribution in [0.1, 0.15) is 27.8 Å². The van der Waals surface area contributed by atoms with Crippen molar-refractivity contribution in [1.82, 2.24) is 15.0 Å². The molecule has 1 aliphatic heterocycles. The lowest BCUT2D eigenvalue weighted by atomic mass is 9.63. The Morgan fingerprint density at radius 2 is 0.862 bits per heavy atom. The summed E-state index contributed by atoms with van der Waals surface area (Å²) in [6.07, 6.45) is 0. The van der Waals surface area contributed by atoms with E-state index < -0.39 is 5.41 Å². The Labute approximate surface area is 337 Å². The summed E-state index contributed by atoms with van der Waals surface area (Å²) in [6, 6.07) is 72.7. The summed E-state index contributed by atoms with van der Waals surface area (Å²) in [5.74, 6) is 3.32. The first-order valence-electron chi connectivity index (χ1n) is 19.2. The van der Waals surface area contributed by atoms with Crippen LogP contribution in [0.15, 0.2) is 206 Å². The Bertz CT molecular complexity index is 2920. The second kappa shape index (κ2) is 14.6. The third-order valence-electron chi connectivity index (χ3n) is 10.9. The predicted octanol–water partition coefficient (Wildman–Crippen LogP) is 12.6. The second-order valence-electron chi connectivity index (χ2n) is 14.3. The summed E-state index contributed by atoms with van der Waals surface area (Å²) in [5, 5.41) is 9.44. The minimum Gasteiger partial charge on any atom is -0.457 e. The van der Waals surface area contributed by atoms with Crippen LogP contribution in [-0.4, -0.2) is 15.0 Å². The SMILES string of the molecule is N#Cc1ccc(-c2nc(-c3ccc(-c4ccc5c(c4)Oc4ccccc4C5(c4ccccc4)c4ccccc4)cc3)nc(-c3ccccc3-c3ccccc3)n2)cc1. The molecule has 1 aliphatic rings. The summed E-state index contributed by atoms with van der Waals surface area (Å²) >= 11 is 0. The highest BCUT2D eigenvalue weighted by Gasteiger charge is 2.45. The lowest BCUT2D eigenvalue weighted by molar-refractivity contribution is 0.435. The number of hydrogen-bond donors (Lipinski definition) is 0. The highest BCUT2D eigenvalue weighted by atomic mass is 16.5. The Hall–Kier alpha value is -7.94. The average molecular weight is 743 g/mol. The van der Waals surface area contributed by atoms with Crippen LogP contribution >= 0.6 is 0 Å². The fraction of sp³-hybridized carbons (Fsp3) is 0.0189. The van der Waals surface area contributed by atoms with Crippen molar-refractivity contribution < 1.29 is 4.74 Å². The number of aromatic nitrogens is 3. The molecule has 9 aromatic rings. The highest BCUT2D eigenvalue weighted by Crippen LogP contribution is 2.55. The van der Waals surface area contributed by atoms with Gasteiger partial charge in [0.1, 0.15) is 11.5 Å². The van der Waals surface area contributed by atoms with E-state index in [0.717, 1.165) is 61.6 Å². The molecular weight excluding hydrogens is 709 g/mol. The molecule has 0 spiro atoms. The minimum absolute atomic E-state index is 0.531. The molecule has 272 valence electrons. The van der Waals surface area contributed by atoms with Crippen LogP contribution in [0.5, 0.6) is 11.5 Å². The summed E-state index contributed by atoms with van der Waals surface area (Å²) in [5.41, 5.74) is 11.3. The molecule has 8 aromatic carbocycles. The van der Waals surface area contributed by atoms with Crippen molar-refractivity contribution in [2.24, 2.45) is 0 Å². The van der Waals surface area contributed by atoms with Crippen molar-refractivity contribution in [2.75, 3.05) is 0 Å². The van der Waals surface area contributed by atoms with Crippen molar-refractivity contribution in [3.63, 3.8) is 0 Å². The number of rotatable bonds is 7. The first-order valence-corrected chi connectivity index (χ1v) is 19.2. The third kappa shape index (κ3) is 6.01. The zero-order chi connectivity index (χ0) is 38.9. The van der Waals surface area contributed by atoms with Crippen LogP contribution < -0.4 is 4.74 Å². The Kier molecular flexibility index (Phi) is 8.70. The Morgan fingerprint density at radius 3 is 1.50 bits per heavy atom. The molecular formula is C53H34N4O. The zero-order valence-corrected chi connectivity index (χ0v) is 31.3. The van der Waals surface area contributed by atoms with Gasteiger partial charge in [0.05, 0.1) is 17.0 Å². The third-order valence-corrected chi connectivity index (χ3v) is 10.9. The fourth-order valence-corrected chi connectivity index (χ4v) is 8.20. The van der Waals surface area contributed by atoms with Crippen molar-refractivity contribution >= 4 is 0 Å². The molecule has 0 atom stereocenters. The maximum Gasteiger partial charge on any atom is 0.164 e. The number of nitriles is 1. The quantitative estimate of drug-likeness (QED) is 0.163. The van der Waals surface area contributed by atoms with Gasteiger partial charge in [-0.1, -0.05) is 170 Å². The molecule has 5 nitrogen and oxygen atoms in total. The molecule has 58 heavy (non-hydrogen) atoms. The van der Waals surface area contributed by atoms with Gasteiger partial charge in [0.2, 0.25) is 0 Å². The van der Waals surface area contributed by atoms with Crippen LogP contribution in [0.25, 0.3) is 56.4 Å². The molecule has 0 fully saturated rings. The Morgan fingerprint density at radius 1 is 0.379 bits per heavy atom. The van der Waals surface area contributed by atoms with E-state index in [9.17, 15) is 5.26 Å². The van der Waals surface area contributed by atoms with E-state index in [1.807, 2.05) is 54.6 Å². The predicted molar refractivity (Wildman–Crippen MR) is 230 cm³/mol. The van der Waals surface area contributed by atoms with Crippen LogP contribution in [0, 0.1) is 11.3 Å². The number of benzene rings is 8. The van der Waals surface area contributed by atoms with Gasteiger partial charge >= 0.3 is 0 Å². The van der Waals surface area contributed by atoms with Gasteiger partial charge in [0.15, 0.2) is 17.5 Å². The highest BCUT2D eigenvalue weighted by molar-refractivity contribution is 5.82. The molecule has 0 unspecified atom stereocenters. The van der Waals surface area contributed by atoms with E-state index >= 15 is 0 Å². The van der Waals surface area contributed by atoms with Gasteiger partial charge in [-0.05, 0) is 69.8 Å². The van der Waals surface area contributed by atoms with E-state index in [1.165, 1.54) is 11.1 Å². The average Bonchev–Trinajstić information content (AvgIpc) is 3.31. The number of para-hydroxylation sites is 1. The molecule has 0 N–H and O–H groups in total. The maximum absolute atomic E-state index is 9.44. The zero-order valence-electron chi connectivity index (χ0n) is 31.3. The summed E-state index contributed by atoms with van der Waals surface area (Å²) in [6.45, 7) is 0. The van der Waals surface area contributed by atoms with Gasteiger partial charge in [-0.15, -0.1) is 0 Å². The number of nitrogens with zero attached hydrogens (tertiary/aromatic N) is 4. The molecule has 0 radical (unpaired) electrons. The van der Waals surface area contributed by atoms with E-state index in [0.29, 0.717) is 23.0 Å². The molecule has 0 amide bonds. The van der Waals surface area contributed by atoms with Crippen molar-refractivity contribution in [3.05, 3.63) is 234 Å². The first-order chi connectivity index (χ1) is 28.7. The van der Waals surface area contributed by atoms with Gasteiger partial charge in [-0.25, -0.2) is 15.0 Å². The molecule has 0 bridgehead atoms. The van der Waals surface area contributed by atoms with Crippen LogP contribution in [0.2, 0.25) is 0 Å². The van der Waals surface area contributed by atoms with Gasteiger partial charge in [0, 0.05) is 27.8 Å². The van der Waals surface area contributed by atoms with Crippen molar-refractivity contribution in [2.45, 2.75) is 5.41 Å². The van der Waals surface area contributed by atoms with Crippen molar-refractivity contribution in [3.8, 4) is 74.0 Å². The largest absolute Gasteiger partial charge is 0.457 e. The number of fused-ring (bicyclic) bond motifs is 2. The molecule has 1 aromatic heterocycles. The first kappa shape index (κ1) is 34.5. The van der Waals surface area contributed by atoms with E-state index in [2.05, 4.69) is 146 Å². The normalized spacial score (nSPS) is 12.4. The second-order valence-corrected chi connectivity index (χ2v) is 14.3. The van der Waals surface area contributed by atoms with Gasteiger partial charge in [-0.3, -0.25) is 0 Å². The van der Waals surface area contributed by atoms with Gasteiger partial charge in [0.25, 0.3) is 0 Å². The summed E-state index contributed by atoms with van der Waals surface area (Å²) in [7, 11) is 0. The molecule has 0 saturated carbocycles. The standard InChI is InChI=1S/C53H34N4O/c54-35-36-24-26-39(27-25-36)50-55-51(57-52(56-50)45-21-11-10-20-44(45)38-14-4-1-5-15-38)40-30-28-37(29-31-40)41-32-33-47-49(34-41)58-48-23-13-12-22-46(48)53(47,42-16-6-2-7-17-42)43-18-8-3-9-19-43/h1-34H. The summed E-state index contributed by atoms with van der Waals surface area (Å²) in [4.78, 5) is 15.1. The fourth-order valence-electron chi connectivity index (χ4n) is 8.20. The van der Waals surface area contributed by atoms with Crippen LogP contribution in [0.3, 0.4) is 0 Å². The van der Waals surface area contributed by atoms with Crippen LogP contribution in [0.4, 0.5) is 0 Å². The van der Waals surface area contributed by atoms with E-state index in [4.69, 9.17) is 19.7 Å². The molecule has 0 saturated heterocycles. The molecule has 0 aliphatic carbocycles. The summed E-state index contributed by atoms with van der Waals surface area (Å²) < 4.78 is 6.75. The van der Waals surface area contributed by atoms with Gasteiger partial charge < -0.3 is 4.74 Å². The lowest BCUT2D eigenvalue weighted by Gasteiger charge is -2.41. The molecule has 10 rings (SSSR count). The maximum atomic E-state index is 9.44. The smallest absolute Gasteiger partial charge is 0.164 e. The minimum atomic E-state index is -0.572. The molecule has 5 heteroatoms. The monoisotopic (exact) mass is 742 g/mol. The van der Waals surface area contributed by atoms with E-state index in [-0.39, 0.29) is 0 Å². The number of hydrogen-bond acceptors (Lipinski definition) is 5. The molecule has 2 heterocycles. The van der Waals surface area contributed by atoms with Gasteiger partial charge in [-0.2, -0.15) is 5.26 Å². The van der Waals surface area contributed by atoms with Crippen LogP contribution in [-0.2, 0) is 5.41 Å². The Balaban J connectivity index is 1.07. The lowest BCUT2D eigenvalue weighted by Crippen LogP contribution is -2.34.